The summed E-state index contributed by atoms with van der Waals surface area (Å²) in [7, 11) is -3.68. The van der Waals surface area contributed by atoms with E-state index >= 15 is 0 Å². The molecule has 0 fully saturated rings. The summed E-state index contributed by atoms with van der Waals surface area (Å²) in [5.74, 6) is 0. The highest BCUT2D eigenvalue weighted by Gasteiger charge is 2.20. The Morgan fingerprint density at radius 3 is 2.65 bits per heavy atom. The molecule has 2 rings (SSSR count). The predicted molar refractivity (Wildman–Crippen MR) is 83.3 cm³/mol. The molecule has 0 unspecified atom stereocenters. The van der Waals surface area contributed by atoms with Crippen LogP contribution in [-0.4, -0.2) is 19.3 Å². The summed E-state index contributed by atoms with van der Waals surface area (Å²) in [5, 5.41) is 13.6. The van der Waals surface area contributed by atoms with Crippen LogP contribution in [0, 0.1) is 0 Å². The van der Waals surface area contributed by atoms with Crippen LogP contribution in [0.3, 0.4) is 0 Å². The molecule has 1 heterocycles. The van der Waals surface area contributed by atoms with Crippen molar-refractivity contribution in [1.82, 2.24) is 0 Å². The molecule has 0 spiro atoms. The monoisotopic (exact) mass is 374 g/mol. The number of halogens is 1. The van der Waals surface area contributed by atoms with Gasteiger partial charge in [0.1, 0.15) is 0 Å². The summed E-state index contributed by atoms with van der Waals surface area (Å²) in [5.41, 5.74) is 1.21. The van der Waals surface area contributed by atoms with E-state index in [0.717, 1.165) is 11.3 Å². The second-order valence-corrected chi connectivity index (χ2v) is 7.54. The largest absolute Gasteiger partial charge is 0.411 e. The fourth-order valence-corrected chi connectivity index (χ4v) is 5.02. The van der Waals surface area contributed by atoms with Gasteiger partial charge in [-0.3, -0.25) is 4.72 Å². The minimum absolute atomic E-state index is 0.200. The van der Waals surface area contributed by atoms with Crippen molar-refractivity contribution in [1.29, 1.82) is 0 Å². The molecule has 20 heavy (non-hydrogen) atoms. The number of nitrogens with one attached hydrogen (secondary N) is 1. The van der Waals surface area contributed by atoms with Crippen molar-refractivity contribution in [2.24, 2.45) is 5.16 Å². The molecule has 0 aliphatic heterocycles. The van der Waals surface area contributed by atoms with Gasteiger partial charge >= 0.3 is 0 Å². The highest BCUT2D eigenvalue weighted by molar-refractivity contribution is 9.10. The van der Waals surface area contributed by atoms with Crippen molar-refractivity contribution in [3.63, 3.8) is 0 Å². The molecule has 2 aromatic rings. The molecule has 0 radical (unpaired) electrons. The van der Waals surface area contributed by atoms with Gasteiger partial charge in [0, 0.05) is 10.0 Å². The first-order valence-electron chi connectivity index (χ1n) is 5.49. The van der Waals surface area contributed by atoms with Gasteiger partial charge in [0.25, 0.3) is 10.0 Å². The summed E-state index contributed by atoms with van der Waals surface area (Å²) in [6.07, 6.45) is 0. The normalized spacial score (nSPS) is 12.4. The van der Waals surface area contributed by atoms with Gasteiger partial charge in [-0.15, -0.1) is 11.3 Å². The fraction of sp³-hybridized carbons (Fsp3) is 0.0833. The van der Waals surface area contributed by atoms with Crippen LogP contribution in [0.5, 0.6) is 0 Å². The average Bonchev–Trinajstić information content (AvgIpc) is 2.85. The Kier molecular flexibility index (Phi) is 4.46. The van der Waals surface area contributed by atoms with E-state index in [4.69, 9.17) is 5.21 Å². The van der Waals surface area contributed by atoms with Gasteiger partial charge in [0.05, 0.1) is 11.4 Å². The molecule has 5 nitrogen and oxygen atoms in total. The quantitative estimate of drug-likeness (QED) is 0.488. The van der Waals surface area contributed by atoms with Crippen LogP contribution in [0.2, 0.25) is 0 Å². The lowest BCUT2D eigenvalue weighted by Gasteiger charge is -2.11. The van der Waals surface area contributed by atoms with Crippen LogP contribution in [-0.2, 0) is 10.0 Å². The van der Waals surface area contributed by atoms with E-state index in [1.54, 1.807) is 42.6 Å². The predicted octanol–water partition coefficient (Wildman–Crippen LogP) is 3.51. The van der Waals surface area contributed by atoms with Crippen LogP contribution in [0.15, 0.2) is 49.5 Å². The van der Waals surface area contributed by atoms with Crippen LogP contribution in [0.4, 0.5) is 5.69 Å². The molecule has 0 atom stereocenters. The maximum Gasteiger partial charge on any atom is 0.272 e. The van der Waals surface area contributed by atoms with Gasteiger partial charge in [-0.05, 0) is 40.4 Å². The minimum Gasteiger partial charge on any atom is -0.411 e. The molecule has 0 amide bonds. The van der Waals surface area contributed by atoms with Crippen molar-refractivity contribution in [3.8, 4) is 0 Å². The van der Waals surface area contributed by atoms with Crippen molar-refractivity contribution < 1.29 is 13.6 Å². The Morgan fingerprint density at radius 2 is 2.05 bits per heavy atom. The standard InChI is InChI=1S/C12H11BrN2O3S2/c1-8(14-16)9-4-2-3-5-11(9)15-20(17,18)12-10(13)6-7-19-12/h2-7,15-16H,1H3. The SMILES string of the molecule is CC(=NO)c1ccccc1NS(=O)(=O)c1sccc1Br. The van der Waals surface area contributed by atoms with Gasteiger partial charge < -0.3 is 5.21 Å². The Labute approximate surface area is 129 Å². The maximum absolute atomic E-state index is 12.3. The Balaban J connectivity index is 2.43. The molecule has 0 bridgehead atoms. The molecule has 0 aliphatic rings. The van der Waals surface area contributed by atoms with Gasteiger partial charge in [0.2, 0.25) is 0 Å². The number of para-hydroxylation sites is 1. The molecule has 1 aromatic heterocycles. The molecular weight excluding hydrogens is 364 g/mol. The molecular formula is C12H11BrN2O3S2. The first kappa shape index (κ1) is 15.0. The zero-order valence-electron chi connectivity index (χ0n) is 10.4. The van der Waals surface area contributed by atoms with Crippen LogP contribution < -0.4 is 4.72 Å². The number of oxime groups is 1. The Bertz CT molecular complexity index is 754. The van der Waals surface area contributed by atoms with E-state index < -0.39 is 10.0 Å². The van der Waals surface area contributed by atoms with Crippen LogP contribution in [0.1, 0.15) is 12.5 Å². The smallest absolute Gasteiger partial charge is 0.272 e. The number of rotatable bonds is 4. The van der Waals surface area contributed by atoms with Gasteiger partial charge in [-0.25, -0.2) is 8.42 Å². The lowest BCUT2D eigenvalue weighted by molar-refractivity contribution is 0.319. The van der Waals surface area contributed by atoms with E-state index in [1.807, 2.05) is 0 Å². The van der Waals surface area contributed by atoms with E-state index in [0.29, 0.717) is 21.4 Å². The molecule has 8 heteroatoms. The van der Waals surface area contributed by atoms with Crippen LogP contribution >= 0.6 is 27.3 Å². The summed E-state index contributed by atoms with van der Waals surface area (Å²) in [6.45, 7) is 1.59. The number of hydrogen-bond acceptors (Lipinski definition) is 5. The minimum atomic E-state index is -3.68. The van der Waals surface area contributed by atoms with Crippen molar-refractivity contribution in [3.05, 3.63) is 45.7 Å². The second kappa shape index (κ2) is 5.94. The zero-order valence-corrected chi connectivity index (χ0v) is 13.6. The first-order valence-corrected chi connectivity index (χ1v) is 8.65. The third kappa shape index (κ3) is 3.02. The molecule has 106 valence electrons. The number of sulfonamides is 1. The number of nitrogens with zero attached hydrogens (tertiary/aromatic N) is 1. The Morgan fingerprint density at radius 1 is 1.35 bits per heavy atom. The molecule has 0 saturated heterocycles. The molecule has 0 aliphatic carbocycles. The van der Waals surface area contributed by atoms with Crippen molar-refractivity contribution >= 4 is 48.7 Å². The Hall–Kier alpha value is -1.38. The summed E-state index contributed by atoms with van der Waals surface area (Å²) >= 11 is 4.32. The van der Waals surface area contributed by atoms with Gasteiger partial charge in [0.15, 0.2) is 4.21 Å². The van der Waals surface area contributed by atoms with Crippen molar-refractivity contribution in [2.45, 2.75) is 11.1 Å². The molecule has 1 aromatic carbocycles. The highest BCUT2D eigenvalue weighted by atomic mass is 79.9. The summed E-state index contributed by atoms with van der Waals surface area (Å²) in [6, 6.07) is 8.41. The van der Waals surface area contributed by atoms with E-state index in [9.17, 15) is 8.42 Å². The van der Waals surface area contributed by atoms with Gasteiger partial charge in [-0.2, -0.15) is 0 Å². The lowest BCUT2D eigenvalue weighted by atomic mass is 10.1. The molecule has 0 saturated carbocycles. The molecule has 2 N–H and O–H groups in total. The number of benzene rings is 1. The highest BCUT2D eigenvalue weighted by Crippen LogP contribution is 2.30. The van der Waals surface area contributed by atoms with Crippen LogP contribution in [0.25, 0.3) is 0 Å². The second-order valence-electron chi connectivity index (χ2n) is 3.89. The first-order chi connectivity index (χ1) is 9.45. The number of thiophene rings is 1. The third-order valence-electron chi connectivity index (χ3n) is 2.54. The van der Waals surface area contributed by atoms with Crippen molar-refractivity contribution in [2.75, 3.05) is 4.72 Å². The summed E-state index contributed by atoms with van der Waals surface area (Å²) < 4.78 is 27.8. The van der Waals surface area contributed by atoms with Gasteiger partial charge in [-0.1, -0.05) is 23.4 Å². The maximum atomic E-state index is 12.3. The zero-order chi connectivity index (χ0) is 14.8. The van der Waals surface area contributed by atoms with E-state index in [1.165, 1.54) is 0 Å². The lowest BCUT2D eigenvalue weighted by Crippen LogP contribution is -2.14. The third-order valence-corrected chi connectivity index (χ3v) is 6.58. The topological polar surface area (TPSA) is 78.8 Å². The number of hydrogen-bond donors (Lipinski definition) is 2. The number of anilines is 1. The summed E-state index contributed by atoms with van der Waals surface area (Å²) in [4.78, 5) is 0. The van der Waals surface area contributed by atoms with E-state index in [-0.39, 0.29) is 4.21 Å². The average molecular weight is 375 g/mol. The fourth-order valence-electron chi connectivity index (χ4n) is 1.60. The van der Waals surface area contributed by atoms with E-state index in [2.05, 4.69) is 25.8 Å².